The van der Waals surface area contributed by atoms with E-state index in [4.69, 9.17) is 4.55 Å². The Morgan fingerprint density at radius 3 is 1.87 bits per heavy atom. The maximum Gasteiger partial charge on any atom is 0.449 e. The van der Waals surface area contributed by atoms with Crippen LogP contribution in [0, 0.1) is 0 Å². The quantitative estimate of drug-likeness (QED) is 0.569. The summed E-state index contributed by atoms with van der Waals surface area (Å²) in [6, 6.07) is 0. The molecule has 0 saturated carbocycles. The molecule has 0 fully saturated rings. The first kappa shape index (κ1) is 16.5. The van der Waals surface area contributed by atoms with Gasteiger partial charge in [-0.25, -0.2) is 4.79 Å². The average Bonchev–Trinajstić information content (AvgIpc) is 2.02. The molecular formula is C8H17NO5S. The first-order valence-corrected chi connectivity index (χ1v) is 5.48. The van der Waals surface area contributed by atoms with Gasteiger partial charge < -0.3 is 9.08 Å². The van der Waals surface area contributed by atoms with Gasteiger partial charge in [0.25, 0.3) is 0 Å². The number of carbonyl (C=O) groups excluding carboxylic acids is 1. The van der Waals surface area contributed by atoms with Gasteiger partial charge in [0, 0.05) is 5.57 Å². The molecule has 0 aliphatic rings. The number of nitrogens with zero attached hydrogens (tertiary/aromatic N) is 1. The van der Waals surface area contributed by atoms with Gasteiger partial charge in [0.2, 0.25) is 0 Å². The van der Waals surface area contributed by atoms with Gasteiger partial charge in [0.05, 0.1) is 0 Å². The summed E-state index contributed by atoms with van der Waals surface area (Å²) in [5, 5.41) is 0. The number of rotatable bonds is 3. The van der Waals surface area contributed by atoms with Crippen molar-refractivity contribution < 1.29 is 21.9 Å². The van der Waals surface area contributed by atoms with Gasteiger partial charge in [-0.1, -0.05) is 13.5 Å². The van der Waals surface area contributed by atoms with Crippen LogP contribution in [0.2, 0.25) is 0 Å². The third-order valence-corrected chi connectivity index (χ3v) is 1.52. The van der Waals surface area contributed by atoms with Crippen LogP contribution in [0.5, 0.6) is 0 Å². The molecule has 0 saturated heterocycles. The predicted octanol–water partition coefficient (Wildman–Crippen LogP) is 0.476. The fraction of sp³-hybridized carbons (Fsp3) is 0.625. The third kappa shape index (κ3) is 15.8. The molecule has 0 heterocycles. The minimum Gasteiger partial charge on any atom is -0.321 e. The van der Waals surface area contributed by atoms with E-state index >= 15 is 0 Å². The number of hydrogen-bond acceptors (Lipinski definition) is 5. The van der Waals surface area contributed by atoms with Crippen LogP contribution in [0.4, 0.5) is 0 Å². The van der Waals surface area contributed by atoms with Crippen molar-refractivity contribution in [2.45, 2.75) is 13.8 Å². The summed E-state index contributed by atoms with van der Waals surface area (Å²) in [6.07, 6.45) is 0. The van der Waals surface area contributed by atoms with Crippen LogP contribution in [-0.2, 0) is 19.4 Å². The fourth-order valence-electron chi connectivity index (χ4n) is 0.167. The Morgan fingerprint density at radius 2 is 1.80 bits per heavy atom. The molecule has 90 valence electrons. The van der Waals surface area contributed by atoms with Crippen LogP contribution < -0.4 is 0 Å². The van der Waals surface area contributed by atoms with Gasteiger partial charge in [-0.3, -0.25) is 4.55 Å². The first-order valence-electron chi connectivity index (χ1n) is 4.11. The summed E-state index contributed by atoms with van der Waals surface area (Å²) >= 11 is 0. The maximum atomic E-state index is 10.3. The van der Waals surface area contributed by atoms with E-state index in [0.29, 0.717) is 0 Å². The highest BCUT2D eigenvalue weighted by Crippen LogP contribution is 1.95. The lowest BCUT2D eigenvalue weighted by Gasteiger charge is -2.00. The molecule has 0 aromatic heterocycles. The Bertz CT molecular complexity index is 307. The lowest BCUT2D eigenvalue weighted by Crippen LogP contribution is -2.11. The molecule has 0 spiro atoms. The molecular weight excluding hydrogens is 222 g/mol. The summed E-state index contributed by atoms with van der Waals surface area (Å²) in [7, 11) is -0.568. The largest absolute Gasteiger partial charge is 0.449 e. The molecule has 1 N–H and O–H groups in total. The summed E-state index contributed by atoms with van der Waals surface area (Å²) in [5.41, 5.74) is -0.0994. The monoisotopic (exact) mass is 239 g/mol. The van der Waals surface area contributed by atoms with Crippen LogP contribution >= 0.6 is 0 Å². The van der Waals surface area contributed by atoms with Gasteiger partial charge in [-0.2, -0.15) is 8.42 Å². The predicted molar refractivity (Wildman–Crippen MR) is 56.7 cm³/mol. The van der Waals surface area contributed by atoms with E-state index in [1.54, 1.807) is 0 Å². The molecule has 0 amide bonds. The zero-order valence-corrected chi connectivity index (χ0v) is 10.2. The van der Waals surface area contributed by atoms with E-state index in [1.807, 2.05) is 0 Å². The highest BCUT2D eigenvalue weighted by Gasteiger charge is 2.12. The highest BCUT2D eigenvalue weighted by molar-refractivity contribution is 7.81. The molecule has 0 radical (unpaired) electrons. The van der Waals surface area contributed by atoms with Gasteiger partial charge in [-0.15, -0.1) is 0 Å². The Hall–Kier alpha value is -0.920. The van der Waals surface area contributed by atoms with Crippen LogP contribution in [0.15, 0.2) is 12.2 Å². The van der Waals surface area contributed by atoms with E-state index in [2.05, 4.69) is 36.7 Å². The Morgan fingerprint density at radius 1 is 1.47 bits per heavy atom. The standard InChI is InChI=1S/C4H11N.C4H6O5S/c1-4-5(2)3;1-3(2)4(5)9-10(6,7)8/h4H2,1-3H3;1H2,2H3,(H,6,7,8). The second kappa shape index (κ2) is 7.38. The van der Waals surface area contributed by atoms with Crippen molar-refractivity contribution >= 4 is 16.4 Å². The highest BCUT2D eigenvalue weighted by atomic mass is 32.3. The molecule has 7 heteroatoms. The second-order valence-electron chi connectivity index (χ2n) is 2.97. The zero-order valence-electron chi connectivity index (χ0n) is 9.35. The normalized spacial score (nSPS) is 10.3. The van der Waals surface area contributed by atoms with Crippen LogP contribution in [0.25, 0.3) is 0 Å². The second-order valence-corrected chi connectivity index (χ2v) is 4.00. The van der Waals surface area contributed by atoms with Crippen molar-refractivity contribution in [1.29, 1.82) is 0 Å². The van der Waals surface area contributed by atoms with E-state index in [1.165, 1.54) is 6.92 Å². The van der Waals surface area contributed by atoms with Gasteiger partial charge >= 0.3 is 16.4 Å². The van der Waals surface area contributed by atoms with Gasteiger partial charge in [0.15, 0.2) is 0 Å². The molecule has 0 aliphatic heterocycles. The molecule has 0 aromatic carbocycles. The molecule has 0 bridgehead atoms. The Labute approximate surface area is 90.5 Å². The third-order valence-electron chi connectivity index (χ3n) is 1.16. The molecule has 15 heavy (non-hydrogen) atoms. The lowest BCUT2D eigenvalue weighted by atomic mass is 10.4. The fourth-order valence-corrected chi connectivity index (χ4v) is 0.500. The van der Waals surface area contributed by atoms with Crippen molar-refractivity contribution in [3.8, 4) is 0 Å². The van der Waals surface area contributed by atoms with Gasteiger partial charge in [0.1, 0.15) is 0 Å². The van der Waals surface area contributed by atoms with Crippen molar-refractivity contribution in [2.24, 2.45) is 0 Å². The lowest BCUT2D eigenvalue weighted by molar-refractivity contribution is -0.130. The van der Waals surface area contributed by atoms with Crippen molar-refractivity contribution in [2.75, 3.05) is 20.6 Å². The van der Waals surface area contributed by atoms with Crippen LogP contribution in [0.1, 0.15) is 13.8 Å². The summed E-state index contributed by atoms with van der Waals surface area (Å²) < 4.78 is 31.0. The van der Waals surface area contributed by atoms with Crippen LogP contribution in [0.3, 0.4) is 0 Å². The van der Waals surface area contributed by atoms with Crippen LogP contribution in [-0.4, -0.2) is 44.5 Å². The molecule has 0 aliphatic carbocycles. The Balaban J connectivity index is 0. The minimum absolute atomic E-state index is 0.0994. The SMILES string of the molecule is C=C(C)C(=O)OS(=O)(=O)O.CCN(C)C. The average molecular weight is 239 g/mol. The maximum absolute atomic E-state index is 10.3. The topological polar surface area (TPSA) is 83.9 Å². The molecule has 0 atom stereocenters. The molecule has 0 aromatic rings. The van der Waals surface area contributed by atoms with E-state index in [9.17, 15) is 13.2 Å². The first-order chi connectivity index (χ1) is 6.60. The summed E-state index contributed by atoms with van der Waals surface area (Å²) in [4.78, 5) is 12.4. The summed E-state index contributed by atoms with van der Waals surface area (Å²) in [6.45, 7) is 7.61. The van der Waals surface area contributed by atoms with E-state index < -0.39 is 16.4 Å². The van der Waals surface area contributed by atoms with E-state index in [-0.39, 0.29) is 5.57 Å². The van der Waals surface area contributed by atoms with Gasteiger partial charge in [-0.05, 0) is 27.6 Å². The zero-order chi connectivity index (χ0) is 12.6. The van der Waals surface area contributed by atoms with E-state index in [0.717, 1.165) is 6.54 Å². The number of hydrogen-bond donors (Lipinski definition) is 1. The number of carbonyl (C=O) groups is 1. The van der Waals surface area contributed by atoms with Crippen molar-refractivity contribution in [1.82, 2.24) is 4.90 Å². The molecule has 6 nitrogen and oxygen atoms in total. The van der Waals surface area contributed by atoms with Crippen molar-refractivity contribution in [3.05, 3.63) is 12.2 Å². The molecule has 0 unspecified atom stereocenters. The van der Waals surface area contributed by atoms with Crippen molar-refractivity contribution in [3.63, 3.8) is 0 Å². The molecule has 0 rings (SSSR count). The smallest absolute Gasteiger partial charge is 0.321 e. The summed E-state index contributed by atoms with van der Waals surface area (Å²) in [5.74, 6) is -1.16. The minimum atomic E-state index is -4.68. The Kier molecular flexibility index (Phi) is 8.12.